The van der Waals surface area contributed by atoms with Crippen molar-refractivity contribution in [1.29, 1.82) is 0 Å². The topological polar surface area (TPSA) is 34.2 Å². The summed E-state index contributed by atoms with van der Waals surface area (Å²) in [4.78, 5) is 3.40. The average molecular weight is 249 g/mol. The van der Waals surface area contributed by atoms with E-state index in [1.54, 1.807) is 11.3 Å². The number of likely N-dealkylation sites (N-methyl/N-ethyl adjacent to an activating group) is 1. The minimum Gasteiger partial charge on any atom is -0.348 e. The molecule has 3 nitrogen and oxygen atoms in total. The van der Waals surface area contributed by atoms with Gasteiger partial charge in [-0.25, -0.2) is 0 Å². The van der Waals surface area contributed by atoms with Crippen molar-refractivity contribution < 1.29 is 0 Å². The molecule has 2 aromatic rings. The molecule has 2 N–H and O–H groups in total. The highest BCUT2D eigenvalue weighted by Crippen LogP contribution is 2.23. The van der Waals surface area contributed by atoms with Crippen LogP contribution in [0.5, 0.6) is 0 Å². The van der Waals surface area contributed by atoms with Gasteiger partial charge in [-0.05, 0) is 37.7 Å². The van der Waals surface area contributed by atoms with Crippen LogP contribution in [-0.4, -0.2) is 30.1 Å². The van der Waals surface area contributed by atoms with Crippen LogP contribution in [0.4, 0.5) is 0 Å². The Bertz CT molecular complexity index is 445. The first-order chi connectivity index (χ1) is 8.18. The van der Waals surface area contributed by atoms with Crippen molar-refractivity contribution in [2.45, 2.75) is 12.6 Å². The van der Waals surface area contributed by atoms with Gasteiger partial charge in [0, 0.05) is 29.9 Å². The van der Waals surface area contributed by atoms with E-state index in [0.29, 0.717) is 0 Å². The van der Waals surface area contributed by atoms with E-state index in [1.165, 1.54) is 10.6 Å². The number of nitrogens with two attached hydrogens (primary N) is 1. The van der Waals surface area contributed by atoms with Gasteiger partial charge in [0.05, 0.1) is 6.04 Å². The zero-order chi connectivity index (χ0) is 12.3. The number of hydrogen-bond donors (Lipinski definition) is 1. The van der Waals surface area contributed by atoms with Crippen molar-refractivity contribution >= 4 is 11.3 Å². The van der Waals surface area contributed by atoms with Gasteiger partial charge in [-0.15, -0.1) is 11.3 Å². The molecule has 0 aliphatic carbocycles. The smallest absolute Gasteiger partial charge is 0.0799 e. The third-order valence-corrected chi connectivity index (χ3v) is 3.78. The van der Waals surface area contributed by atoms with Gasteiger partial charge in [-0.1, -0.05) is 6.07 Å². The lowest BCUT2D eigenvalue weighted by Crippen LogP contribution is -2.21. The summed E-state index contributed by atoms with van der Waals surface area (Å²) in [6.07, 6.45) is 2.10. The van der Waals surface area contributed by atoms with Crippen LogP contribution in [0, 0.1) is 0 Å². The minimum atomic E-state index is -0.00726. The number of nitrogens with zero attached hydrogens (tertiary/aromatic N) is 2. The van der Waals surface area contributed by atoms with Gasteiger partial charge in [-0.3, -0.25) is 0 Å². The van der Waals surface area contributed by atoms with Crippen molar-refractivity contribution in [1.82, 2.24) is 9.47 Å². The SMILES string of the molecule is CN(C)CCn1cccc1C(N)c1cccs1. The van der Waals surface area contributed by atoms with Crippen LogP contribution in [0.15, 0.2) is 35.8 Å². The average Bonchev–Trinajstić information content (AvgIpc) is 2.96. The second-order valence-corrected chi connectivity index (χ2v) is 5.40. The Labute approximate surface area is 106 Å². The Morgan fingerprint density at radius 3 is 2.82 bits per heavy atom. The summed E-state index contributed by atoms with van der Waals surface area (Å²) >= 11 is 1.71. The first kappa shape index (κ1) is 12.4. The van der Waals surface area contributed by atoms with E-state index in [4.69, 9.17) is 5.73 Å². The molecular weight excluding hydrogens is 230 g/mol. The summed E-state index contributed by atoms with van der Waals surface area (Å²) < 4.78 is 2.24. The Kier molecular flexibility index (Phi) is 3.99. The number of aromatic nitrogens is 1. The van der Waals surface area contributed by atoms with Crippen LogP contribution in [0.2, 0.25) is 0 Å². The highest BCUT2D eigenvalue weighted by molar-refractivity contribution is 7.10. The normalized spacial score (nSPS) is 13.2. The maximum Gasteiger partial charge on any atom is 0.0799 e. The molecule has 0 fully saturated rings. The predicted molar refractivity (Wildman–Crippen MR) is 73.3 cm³/mol. The molecule has 0 saturated carbocycles. The second-order valence-electron chi connectivity index (χ2n) is 4.42. The molecule has 2 rings (SSSR count). The van der Waals surface area contributed by atoms with E-state index < -0.39 is 0 Å². The molecule has 1 unspecified atom stereocenters. The second kappa shape index (κ2) is 5.49. The third kappa shape index (κ3) is 2.97. The summed E-state index contributed by atoms with van der Waals surface area (Å²) in [5, 5.41) is 2.07. The maximum absolute atomic E-state index is 6.29. The van der Waals surface area contributed by atoms with E-state index in [9.17, 15) is 0 Å². The molecule has 2 heterocycles. The van der Waals surface area contributed by atoms with E-state index in [2.05, 4.69) is 53.3 Å². The van der Waals surface area contributed by atoms with Gasteiger partial charge in [-0.2, -0.15) is 0 Å². The quantitative estimate of drug-likeness (QED) is 0.881. The Morgan fingerprint density at radius 1 is 1.35 bits per heavy atom. The van der Waals surface area contributed by atoms with Crippen molar-refractivity contribution in [3.8, 4) is 0 Å². The molecule has 4 heteroatoms. The molecule has 92 valence electrons. The molecule has 17 heavy (non-hydrogen) atoms. The van der Waals surface area contributed by atoms with E-state index in [1.807, 2.05) is 6.07 Å². The molecule has 0 saturated heterocycles. The molecule has 0 aliphatic heterocycles. The molecule has 1 atom stereocenters. The van der Waals surface area contributed by atoms with Gasteiger partial charge in [0.15, 0.2) is 0 Å². The fraction of sp³-hybridized carbons (Fsp3) is 0.385. The molecule has 2 aromatic heterocycles. The lowest BCUT2D eigenvalue weighted by molar-refractivity contribution is 0.380. The predicted octanol–water partition coefficient (Wildman–Crippen LogP) is 2.16. The Balaban J connectivity index is 2.13. The van der Waals surface area contributed by atoms with Gasteiger partial charge in [0.1, 0.15) is 0 Å². The summed E-state index contributed by atoms with van der Waals surface area (Å²) in [5.41, 5.74) is 7.48. The van der Waals surface area contributed by atoms with Crippen LogP contribution in [-0.2, 0) is 6.54 Å². The molecule has 0 aliphatic rings. The standard InChI is InChI=1S/C13H19N3S/c1-15(2)8-9-16-7-3-5-11(16)13(14)12-6-4-10-17-12/h3-7,10,13H,8-9,14H2,1-2H3. The van der Waals surface area contributed by atoms with E-state index in [-0.39, 0.29) is 6.04 Å². The van der Waals surface area contributed by atoms with Crippen molar-refractivity contribution in [2.75, 3.05) is 20.6 Å². The van der Waals surface area contributed by atoms with Crippen molar-refractivity contribution in [3.63, 3.8) is 0 Å². The zero-order valence-electron chi connectivity index (χ0n) is 10.3. The van der Waals surface area contributed by atoms with Gasteiger partial charge < -0.3 is 15.2 Å². The van der Waals surface area contributed by atoms with Crippen LogP contribution in [0.25, 0.3) is 0 Å². The number of rotatable bonds is 5. The Morgan fingerprint density at radius 2 is 2.18 bits per heavy atom. The summed E-state index contributed by atoms with van der Waals surface area (Å²) in [6, 6.07) is 8.32. The molecule has 0 spiro atoms. The van der Waals surface area contributed by atoms with Crippen molar-refractivity contribution in [2.24, 2.45) is 5.73 Å². The molecule has 0 aromatic carbocycles. The van der Waals surface area contributed by atoms with E-state index >= 15 is 0 Å². The van der Waals surface area contributed by atoms with Gasteiger partial charge >= 0.3 is 0 Å². The summed E-state index contributed by atoms with van der Waals surface area (Å²) in [6.45, 7) is 2.01. The number of hydrogen-bond acceptors (Lipinski definition) is 3. The fourth-order valence-electron chi connectivity index (χ4n) is 1.83. The van der Waals surface area contributed by atoms with Crippen LogP contribution >= 0.6 is 11.3 Å². The van der Waals surface area contributed by atoms with Crippen LogP contribution in [0.3, 0.4) is 0 Å². The highest BCUT2D eigenvalue weighted by atomic mass is 32.1. The third-order valence-electron chi connectivity index (χ3n) is 2.82. The lowest BCUT2D eigenvalue weighted by atomic mass is 10.2. The fourth-order valence-corrected chi connectivity index (χ4v) is 2.57. The van der Waals surface area contributed by atoms with Crippen molar-refractivity contribution in [3.05, 3.63) is 46.4 Å². The molecule has 0 amide bonds. The molecule has 0 radical (unpaired) electrons. The van der Waals surface area contributed by atoms with Gasteiger partial charge in [0.25, 0.3) is 0 Å². The largest absolute Gasteiger partial charge is 0.348 e. The van der Waals surface area contributed by atoms with E-state index in [0.717, 1.165) is 13.1 Å². The summed E-state index contributed by atoms with van der Waals surface area (Å²) in [5.74, 6) is 0. The minimum absolute atomic E-state index is 0.00726. The van der Waals surface area contributed by atoms with Crippen LogP contribution in [0.1, 0.15) is 16.6 Å². The Hall–Kier alpha value is -1.10. The first-order valence-electron chi connectivity index (χ1n) is 5.77. The number of thiophene rings is 1. The monoisotopic (exact) mass is 249 g/mol. The molecule has 0 bridgehead atoms. The highest BCUT2D eigenvalue weighted by Gasteiger charge is 2.13. The first-order valence-corrected chi connectivity index (χ1v) is 6.65. The molecular formula is C13H19N3S. The van der Waals surface area contributed by atoms with Gasteiger partial charge in [0.2, 0.25) is 0 Å². The summed E-state index contributed by atoms with van der Waals surface area (Å²) in [7, 11) is 4.17. The maximum atomic E-state index is 6.29. The zero-order valence-corrected chi connectivity index (χ0v) is 11.2. The van der Waals surface area contributed by atoms with Crippen LogP contribution < -0.4 is 5.73 Å². The lowest BCUT2D eigenvalue weighted by Gasteiger charge is -2.16.